The predicted octanol–water partition coefficient (Wildman–Crippen LogP) is 3.94. The minimum Gasteiger partial charge on any atom is -0.480 e. The fraction of sp³-hybridized carbons (Fsp3) is 0.308. The Hall–Kier alpha value is -4.14. The average molecular weight is 478 g/mol. The number of aromatic nitrogens is 1. The van der Waals surface area contributed by atoms with Gasteiger partial charge in [-0.15, -0.1) is 0 Å². The molecule has 35 heavy (non-hydrogen) atoms. The fourth-order valence-corrected chi connectivity index (χ4v) is 4.31. The van der Waals surface area contributed by atoms with Crippen LogP contribution in [0.25, 0.3) is 11.1 Å². The summed E-state index contributed by atoms with van der Waals surface area (Å²) in [6.07, 6.45) is 0.738. The van der Waals surface area contributed by atoms with Crippen molar-refractivity contribution in [2.45, 2.75) is 38.8 Å². The van der Waals surface area contributed by atoms with Gasteiger partial charge in [0.1, 0.15) is 30.2 Å². The van der Waals surface area contributed by atoms with Crippen LogP contribution in [0.3, 0.4) is 0 Å². The van der Waals surface area contributed by atoms with Gasteiger partial charge in [0, 0.05) is 5.92 Å². The van der Waals surface area contributed by atoms with Crippen molar-refractivity contribution in [2.24, 2.45) is 5.92 Å². The summed E-state index contributed by atoms with van der Waals surface area (Å²) in [5, 5.41) is 18.2. The van der Waals surface area contributed by atoms with E-state index < -0.39 is 24.0 Å². The molecule has 1 aliphatic rings. The number of amides is 2. The summed E-state index contributed by atoms with van der Waals surface area (Å²) in [6, 6.07) is 15.0. The number of nitrogens with zero attached hydrogens (tertiary/aromatic N) is 1. The van der Waals surface area contributed by atoms with Crippen molar-refractivity contribution in [2.75, 3.05) is 6.61 Å². The molecule has 3 N–H and O–H groups in total. The lowest BCUT2D eigenvalue weighted by molar-refractivity contribution is -0.139. The number of carboxylic acid groups (broad SMARTS) is 1. The first kappa shape index (κ1) is 24.0. The summed E-state index contributed by atoms with van der Waals surface area (Å²) in [6.45, 7) is 3.77. The van der Waals surface area contributed by atoms with Gasteiger partial charge in [-0.1, -0.05) is 67.5 Å². The number of alkyl carbamates (subject to hydrolysis) is 1. The van der Waals surface area contributed by atoms with E-state index in [2.05, 4.69) is 27.9 Å². The van der Waals surface area contributed by atoms with Crippen LogP contribution in [0, 0.1) is 5.92 Å². The van der Waals surface area contributed by atoms with Gasteiger partial charge in [-0.3, -0.25) is 4.79 Å². The number of carbonyl (C=O) groups is 3. The van der Waals surface area contributed by atoms with Crippen LogP contribution in [0.4, 0.5) is 4.79 Å². The summed E-state index contributed by atoms with van der Waals surface area (Å²) in [5.74, 6) is -1.76. The second-order valence-electron chi connectivity index (χ2n) is 8.85. The number of fused-ring (bicyclic) bond motifs is 3. The van der Waals surface area contributed by atoms with Gasteiger partial charge in [-0.25, -0.2) is 9.59 Å². The molecule has 3 aromatic rings. The Morgan fingerprint density at radius 1 is 1.06 bits per heavy atom. The number of hydrogen-bond acceptors (Lipinski definition) is 6. The molecule has 0 aliphatic heterocycles. The van der Waals surface area contributed by atoms with Gasteiger partial charge in [0.25, 0.3) is 5.91 Å². The van der Waals surface area contributed by atoms with Crippen LogP contribution in [-0.4, -0.2) is 40.9 Å². The van der Waals surface area contributed by atoms with E-state index in [-0.39, 0.29) is 42.7 Å². The summed E-state index contributed by atoms with van der Waals surface area (Å²) >= 11 is 0. The molecular weight excluding hydrogens is 450 g/mol. The third-order valence-electron chi connectivity index (χ3n) is 5.94. The first-order valence-corrected chi connectivity index (χ1v) is 11.4. The first-order chi connectivity index (χ1) is 16.8. The summed E-state index contributed by atoms with van der Waals surface area (Å²) in [5.41, 5.74) is 4.70. The van der Waals surface area contributed by atoms with Crippen LogP contribution in [0.15, 0.2) is 59.3 Å². The van der Waals surface area contributed by atoms with Crippen molar-refractivity contribution >= 4 is 18.0 Å². The maximum Gasteiger partial charge on any atom is 0.407 e. The summed E-state index contributed by atoms with van der Waals surface area (Å²) in [4.78, 5) is 36.4. The second kappa shape index (κ2) is 10.4. The van der Waals surface area contributed by atoms with Crippen LogP contribution >= 0.6 is 0 Å². The van der Waals surface area contributed by atoms with Crippen LogP contribution in [-0.2, 0) is 16.1 Å². The number of carbonyl (C=O) groups excluding carboxylic acids is 2. The Kier molecular flexibility index (Phi) is 7.14. The third-order valence-corrected chi connectivity index (χ3v) is 5.94. The van der Waals surface area contributed by atoms with Crippen LogP contribution in [0.2, 0.25) is 0 Å². The largest absolute Gasteiger partial charge is 0.480 e. The van der Waals surface area contributed by atoms with Gasteiger partial charge in [0.2, 0.25) is 0 Å². The van der Waals surface area contributed by atoms with Crippen molar-refractivity contribution in [3.05, 3.63) is 77.2 Å². The maximum absolute atomic E-state index is 12.6. The van der Waals surface area contributed by atoms with E-state index in [1.807, 2.05) is 50.2 Å². The molecule has 1 aromatic heterocycles. The number of nitrogens with one attached hydrogen (secondary N) is 2. The highest BCUT2D eigenvalue weighted by molar-refractivity contribution is 5.97. The summed E-state index contributed by atoms with van der Waals surface area (Å²) in [7, 11) is 0. The normalized spacial score (nSPS) is 13.1. The highest BCUT2D eigenvalue weighted by Gasteiger charge is 2.29. The number of ether oxygens (including phenoxy) is 1. The molecule has 9 heteroatoms. The lowest BCUT2D eigenvalue weighted by Gasteiger charge is -2.16. The number of hydrogen-bond donors (Lipinski definition) is 3. The Morgan fingerprint density at radius 3 is 2.29 bits per heavy atom. The third kappa shape index (κ3) is 5.34. The predicted molar refractivity (Wildman–Crippen MR) is 127 cm³/mol. The Bertz CT molecular complexity index is 1190. The molecule has 9 nitrogen and oxygen atoms in total. The highest BCUT2D eigenvalue weighted by atomic mass is 16.5. The maximum atomic E-state index is 12.6. The van der Waals surface area contributed by atoms with Gasteiger partial charge >= 0.3 is 12.1 Å². The van der Waals surface area contributed by atoms with Gasteiger partial charge < -0.3 is 25.0 Å². The van der Waals surface area contributed by atoms with Crippen molar-refractivity contribution < 1.29 is 28.8 Å². The van der Waals surface area contributed by atoms with Crippen molar-refractivity contribution in [1.29, 1.82) is 0 Å². The van der Waals surface area contributed by atoms with Crippen LogP contribution in [0.5, 0.6) is 0 Å². The molecule has 0 spiro atoms. The molecule has 1 heterocycles. The SMILES string of the molecule is CC(C)C[C@H](NC(=O)c1conc1CNC(=O)OCC1c2ccccc2-c2ccccc21)C(=O)O. The van der Waals surface area contributed by atoms with E-state index in [4.69, 9.17) is 9.26 Å². The van der Waals surface area contributed by atoms with Crippen LogP contribution < -0.4 is 10.6 Å². The molecule has 0 saturated carbocycles. The molecule has 182 valence electrons. The molecule has 1 aliphatic carbocycles. The molecule has 0 saturated heterocycles. The smallest absolute Gasteiger partial charge is 0.407 e. The van der Waals surface area contributed by atoms with Crippen molar-refractivity contribution in [3.8, 4) is 11.1 Å². The number of aliphatic carboxylic acids is 1. The molecule has 1 atom stereocenters. The molecule has 0 bridgehead atoms. The lowest BCUT2D eigenvalue weighted by atomic mass is 9.98. The monoisotopic (exact) mass is 477 g/mol. The molecule has 0 radical (unpaired) electrons. The second-order valence-corrected chi connectivity index (χ2v) is 8.85. The molecule has 2 amide bonds. The van der Waals surface area contributed by atoms with Gasteiger partial charge in [-0.05, 0) is 34.6 Å². The Balaban J connectivity index is 1.35. The van der Waals surface area contributed by atoms with Gasteiger partial charge in [0.15, 0.2) is 0 Å². The van der Waals surface area contributed by atoms with Gasteiger partial charge in [-0.2, -0.15) is 0 Å². The number of carboxylic acids is 1. The molecule has 4 rings (SSSR count). The molecule has 2 aromatic carbocycles. The Morgan fingerprint density at radius 2 is 1.69 bits per heavy atom. The van der Waals surface area contributed by atoms with E-state index in [1.54, 1.807) is 0 Å². The van der Waals surface area contributed by atoms with Gasteiger partial charge in [0.05, 0.1) is 6.54 Å². The number of benzene rings is 2. The Labute approximate surface area is 202 Å². The zero-order valence-electron chi connectivity index (χ0n) is 19.5. The van der Waals surface area contributed by atoms with Crippen molar-refractivity contribution in [3.63, 3.8) is 0 Å². The first-order valence-electron chi connectivity index (χ1n) is 11.4. The number of rotatable bonds is 9. The highest BCUT2D eigenvalue weighted by Crippen LogP contribution is 2.44. The zero-order chi connectivity index (χ0) is 24.9. The molecule has 0 unspecified atom stereocenters. The molecular formula is C26H27N3O6. The minimum absolute atomic E-state index is 0.0546. The van der Waals surface area contributed by atoms with Crippen LogP contribution in [0.1, 0.15) is 53.4 Å². The van der Waals surface area contributed by atoms with E-state index in [0.29, 0.717) is 0 Å². The van der Waals surface area contributed by atoms with E-state index >= 15 is 0 Å². The van der Waals surface area contributed by atoms with E-state index in [1.165, 1.54) is 0 Å². The van der Waals surface area contributed by atoms with Crippen molar-refractivity contribution in [1.82, 2.24) is 15.8 Å². The van der Waals surface area contributed by atoms with E-state index in [9.17, 15) is 19.5 Å². The topological polar surface area (TPSA) is 131 Å². The summed E-state index contributed by atoms with van der Waals surface area (Å²) < 4.78 is 10.4. The lowest BCUT2D eigenvalue weighted by Crippen LogP contribution is -2.42. The zero-order valence-corrected chi connectivity index (χ0v) is 19.5. The quantitative estimate of drug-likeness (QED) is 0.425. The minimum atomic E-state index is -1.12. The fourth-order valence-electron chi connectivity index (χ4n) is 4.31. The average Bonchev–Trinajstić information content (AvgIpc) is 3.43. The van der Waals surface area contributed by atoms with E-state index in [0.717, 1.165) is 28.5 Å². The standard InChI is InChI=1S/C26H27N3O6/c1-15(2)11-22(25(31)32)28-24(30)21-14-35-29-23(21)12-27-26(33)34-13-20-18-9-5-3-7-16(18)17-8-4-6-10-19(17)20/h3-10,14-15,20,22H,11-13H2,1-2H3,(H,27,33)(H,28,30)(H,31,32)/t22-/m0/s1. The molecule has 0 fully saturated rings.